The third-order valence-electron chi connectivity index (χ3n) is 2.67. The van der Waals surface area contributed by atoms with E-state index in [1.807, 2.05) is 36.5 Å². The van der Waals surface area contributed by atoms with Crippen LogP contribution in [0.15, 0.2) is 53.6 Å². The summed E-state index contributed by atoms with van der Waals surface area (Å²) >= 11 is 0. The van der Waals surface area contributed by atoms with Gasteiger partial charge in [0.1, 0.15) is 5.65 Å². The molecule has 3 rings (SSSR count). The number of aromatic amines is 2. The Bertz CT molecular complexity index is 680. The topological polar surface area (TPSA) is 48.6 Å². The van der Waals surface area contributed by atoms with Crippen LogP contribution in [0.25, 0.3) is 22.2 Å². The Morgan fingerprint density at radius 2 is 1.75 bits per heavy atom. The number of rotatable bonds is 1. The molecule has 0 fully saturated rings. The van der Waals surface area contributed by atoms with Crippen LogP contribution in [0.5, 0.6) is 0 Å². The van der Waals surface area contributed by atoms with Crippen molar-refractivity contribution in [3.63, 3.8) is 0 Å². The zero-order valence-corrected chi connectivity index (χ0v) is 8.53. The fourth-order valence-corrected chi connectivity index (χ4v) is 1.92. The minimum absolute atomic E-state index is 0.0360. The summed E-state index contributed by atoms with van der Waals surface area (Å²) in [5.74, 6) is 0. The summed E-state index contributed by atoms with van der Waals surface area (Å²) in [6.45, 7) is 0. The first-order valence-electron chi connectivity index (χ1n) is 5.10. The van der Waals surface area contributed by atoms with E-state index in [2.05, 4.69) is 9.97 Å². The molecule has 0 atom stereocenters. The summed E-state index contributed by atoms with van der Waals surface area (Å²) in [5, 5.41) is 0.716. The number of pyridine rings is 1. The Hall–Kier alpha value is -2.29. The molecule has 2 N–H and O–H groups in total. The van der Waals surface area contributed by atoms with E-state index in [1.54, 1.807) is 12.3 Å². The molecule has 78 valence electrons. The van der Waals surface area contributed by atoms with Gasteiger partial charge < -0.3 is 9.97 Å². The number of aromatic nitrogens is 2. The molecule has 2 heterocycles. The van der Waals surface area contributed by atoms with Crippen LogP contribution in [0, 0.1) is 0 Å². The molecular formula is C13H10N2O. The van der Waals surface area contributed by atoms with Gasteiger partial charge in [0.25, 0.3) is 0 Å². The van der Waals surface area contributed by atoms with Crippen molar-refractivity contribution in [1.29, 1.82) is 0 Å². The van der Waals surface area contributed by atoms with Gasteiger partial charge in [0, 0.05) is 24.0 Å². The van der Waals surface area contributed by atoms with Crippen LogP contribution in [-0.2, 0) is 0 Å². The monoisotopic (exact) mass is 210 g/mol. The molecular weight excluding hydrogens is 200 g/mol. The molecule has 0 amide bonds. The molecule has 3 aromatic rings. The average molecular weight is 210 g/mol. The Kier molecular flexibility index (Phi) is 1.90. The lowest BCUT2D eigenvalue weighted by Gasteiger charge is -1.97. The minimum atomic E-state index is 0.0360. The molecule has 0 saturated carbocycles. The number of benzene rings is 1. The summed E-state index contributed by atoms with van der Waals surface area (Å²) < 4.78 is 0. The SMILES string of the molecule is O=c1cc[nH]c2[nH]cc(-c3ccccc3)c12. The van der Waals surface area contributed by atoms with Crippen LogP contribution >= 0.6 is 0 Å². The van der Waals surface area contributed by atoms with E-state index in [0.717, 1.165) is 16.8 Å². The first-order chi connectivity index (χ1) is 7.86. The van der Waals surface area contributed by atoms with E-state index in [-0.39, 0.29) is 5.43 Å². The van der Waals surface area contributed by atoms with E-state index >= 15 is 0 Å². The Morgan fingerprint density at radius 3 is 2.56 bits per heavy atom. The summed E-state index contributed by atoms with van der Waals surface area (Å²) in [6, 6.07) is 11.4. The highest BCUT2D eigenvalue weighted by Crippen LogP contribution is 2.24. The molecule has 0 aliphatic heterocycles. The van der Waals surface area contributed by atoms with Crippen molar-refractivity contribution in [2.24, 2.45) is 0 Å². The third kappa shape index (κ3) is 1.26. The molecule has 0 aliphatic carbocycles. The smallest absolute Gasteiger partial charge is 0.191 e. The van der Waals surface area contributed by atoms with Gasteiger partial charge in [0.2, 0.25) is 0 Å². The molecule has 0 radical (unpaired) electrons. The predicted molar refractivity (Wildman–Crippen MR) is 64.4 cm³/mol. The number of hydrogen-bond acceptors (Lipinski definition) is 1. The van der Waals surface area contributed by atoms with Gasteiger partial charge in [-0.05, 0) is 5.56 Å². The van der Waals surface area contributed by atoms with E-state index in [1.165, 1.54) is 0 Å². The highest BCUT2D eigenvalue weighted by molar-refractivity contribution is 5.93. The number of nitrogens with one attached hydrogen (secondary N) is 2. The maximum atomic E-state index is 11.8. The van der Waals surface area contributed by atoms with Crippen LogP contribution < -0.4 is 5.43 Å². The van der Waals surface area contributed by atoms with Gasteiger partial charge in [-0.15, -0.1) is 0 Å². The van der Waals surface area contributed by atoms with Gasteiger partial charge in [-0.3, -0.25) is 4.79 Å². The summed E-state index contributed by atoms with van der Waals surface area (Å²) in [7, 11) is 0. The van der Waals surface area contributed by atoms with Crippen LogP contribution in [0.1, 0.15) is 0 Å². The standard InChI is InChI=1S/C13H10N2O/c16-11-6-7-14-13-12(11)10(8-15-13)9-4-2-1-3-5-9/h1-8H,(H2,14,15,16). The average Bonchev–Trinajstić information content (AvgIpc) is 2.75. The van der Waals surface area contributed by atoms with Crippen molar-refractivity contribution in [3.8, 4) is 11.1 Å². The highest BCUT2D eigenvalue weighted by Gasteiger charge is 2.08. The van der Waals surface area contributed by atoms with Crippen molar-refractivity contribution < 1.29 is 0 Å². The van der Waals surface area contributed by atoms with Gasteiger partial charge in [0.05, 0.1) is 5.39 Å². The Labute approximate surface area is 91.8 Å². The predicted octanol–water partition coefficient (Wildman–Crippen LogP) is 2.52. The van der Waals surface area contributed by atoms with E-state index in [0.29, 0.717) is 5.39 Å². The van der Waals surface area contributed by atoms with Crippen molar-refractivity contribution in [1.82, 2.24) is 9.97 Å². The van der Waals surface area contributed by atoms with Gasteiger partial charge >= 0.3 is 0 Å². The maximum Gasteiger partial charge on any atom is 0.191 e. The second-order valence-electron chi connectivity index (χ2n) is 3.66. The number of hydrogen-bond donors (Lipinski definition) is 2. The Morgan fingerprint density at radius 1 is 0.938 bits per heavy atom. The number of H-pyrrole nitrogens is 2. The van der Waals surface area contributed by atoms with Gasteiger partial charge in [0.15, 0.2) is 5.43 Å². The summed E-state index contributed by atoms with van der Waals surface area (Å²) in [5.41, 5.74) is 2.79. The van der Waals surface area contributed by atoms with Gasteiger partial charge in [-0.25, -0.2) is 0 Å². The molecule has 3 nitrogen and oxygen atoms in total. The van der Waals surface area contributed by atoms with Crippen molar-refractivity contribution in [2.45, 2.75) is 0 Å². The summed E-state index contributed by atoms with van der Waals surface area (Å²) in [4.78, 5) is 17.9. The fourth-order valence-electron chi connectivity index (χ4n) is 1.92. The van der Waals surface area contributed by atoms with Crippen LogP contribution in [0.3, 0.4) is 0 Å². The molecule has 0 unspecified atom stereocenters. The minimum Gasteiger partial charge on any atom is -0.347 e. The number of fused-ring (bicyclic) bond motifs is 1. The van der Waals surface area contributed by atoms with E-state index in [9.17, 15) is 4.79 Å². The fraction of sp³-hybridized carbons (Fsp3) is 0. The first-order valence-corrected chi connectivity index (χ1v) is 5.10. The molecule has 0 saturated heterocycles. The zero-order valence-electron chi connectivity index (χ0n) is 8.53. The van der Waals surface area contributed by atoms with Gasteiger partial charge in [-0.2, -0.15) is 0 Å². The van der Waals surface area contributed by atoms with E-state index in [4.69, 9.17) is 0 Å². The molecule has 3 heteroatoms. The molecule has 0 spiro atoms. The first kappa shape index (κ1) is 8.97. The highest BCUT2D eigenvalue weighted by atomic mass is 16.1. The molecule has 1 aromatic carbocycles. The van der Waals surface area contributed by atoms with E-state index < -0.39 is 0 Å². The van der Waals surface area contributed by atoms with Crippen molar-refractivity contribution in [3.05, 3.63) is 59.0 Å². The summed E-state index contributed by atoms with van der Waals surface area (Å²) in [6.07, 6.45) is 3.51. The van der Waals surface area contributed by atoms with Crippen molar-refractivity contribution >= 4 is 11.0 Å². The lowest BCUT2D eigenvalue weighted by atomic mass is 10.1. The Balaban J connectivity index is 2.38. The lowest BCUT2D eigenvalue weighted by molar-refractivity contribution is 1.32. The second-order valence-corrected chi connectivity index (χ2v) is 3.66. The van der Waals surface area contributed by atoms with Crippen LogP contribution in [-0.4, -0.2) is 9.97 Å². The molecule has 0 bridgehead atoms. The van der Waals surface area contributed by atoms with Crippen molar-refractivity contribution in [2.75, 3.05) is 0 Å². The second kappa shape index (κ2) is 3.38. The zero-order chi connectivity index (χ0) is 11.0. The molecule has 16 heavy (non-hydrogen) atoms. The third-order valence-corrected chi connectivity index (χ3v) is 2.67. The normalized spacial score (nSPS) is 10.8. The largest absolute Gasteiger partial charge is 0.347 e. The quantitative estimate of drug-likeness (QED) is 0.637. The van der Waals surface area contributed by atoms with Crippen LogP contribution in [0.4, 0.5) is 0 Å². The molecule has 2 aromatic heterocycles. The van der Waals surface area contributed by atoms with Gasteiger partial charge in [-0.1, -0.05) is 30.3 Å². The lowest BCUT2D eigenvalue weighted by Crippen LogP contribution is -1.99. The maximum absolute atomic E-state index is 11.8. The molecule has 0 aliphatic rings. The van der Waals surface area contributed by atoms with Crippen LogP contribution in [0.2, 0.25) is 0 Å².